The maximum Gasteiger partial charge on any atom is 0.234 e. The van der Waals surface area contributed by atoms with Gasteiger partial charge in [-0.2, -0.15) is 0 Å². The average Bonchev–Trinajstić information content (AvgIpc) is 2.28. The molecular weight excluding hydrogens is 228 g/mol. The van der Waals surface area contributed by atoms with E-state index < -0.39 is 0 Å². The van der Waals surface area contributed by atoms with Gasteiger partial charge in [0.25, 0.3) is 0 Å². The minimum absolute atomic E-state index is 0.184. The molecule has 0 radical (unpaired) electrons. The zero-order valence-electron chi connectivity index (χ0n) is 11.7. The highest BCUT2D eigenvalue weighted by Crippen LogP contribution is 2.17. The van der Waals surface area contributed by atoms with Crippen molar-refractivity contribution in [3.05, 3.63) is 0 Å². The Balaban J connectivity index is 1.72. The Morgan fingerprint density at radius 3 is 2.39 bits per heavy atom. The number of hydrogen-bond acceptors (Lipinski definition) is 3. The topological polar surface area (TPSA) is 41.6 Å². The molecule has 0 bridgehead atoms. The highest BCUT2D eigenvalue weighted by atomic mass is 16.5. The summed E-state index contributed by atoms with van der Waals surface area (Å²) in [5, 5.41) is 3.17. The molecule has 4 nitrogen and oxygen atoms in total. The van der Waals surface area contributed by atoms with Crippen LogP contribution in [0.4, 0.5) is 0 Å². The molecule has 2 fully saturated rings. The molecule has 1 aliphatic carbocycles. The minimum atomic E-state index is 0.184. The van der Waals surface area contributed by atoms with E-state index in [4.69, 9.17) is 4.74 Å². The monoisotopic (exact) mass is 254 g/mol. The van der Waals surface area contributed by atoms with Gasteiger partial charge in [-0.3, -0.25) is 9.69 Å². The minimum Gasteiger partial charge on any atom is -0.373 e. The Morgan fingerprint density at radius 1 is 1.17 bits per heavy atom. The summed E-state index contributed by atoms with van der Waals surface area (Å²) in [6.45, 7) is 6.39. The molecule has 1 saturated carbocycles. The van der Waals surface area contributed by atoms with Crippen LogP contribution in [-0.2, 0) is 9.53 Å². The zero-order valence-corrected chi connectivity index (χ0v) is 11.7. The van der Waals surface area contributed by atoms with Gasteiger partial charge in [0, 0.05) is 19.1 Å². The normalized spacial score (nSPS) is 31.2. The summed E-state index contributed by atoms with van der Waals surface area (Å²) in [4.78, 5) is 14.2. The van der Waals surface area contributed by atoms with Crippen molar-refractivity contribution in [2.75, 3.05) is 19.6 Å². The summed E-state index contributed by atoms with van der Waals surface area (Å²) in [6, 6.07) is 0.419. The second-order valence-corrected chi connectivity index (χ2v) is 5.85. The summed E-state index contributed by atoms with van der Waals surface area (Å²) < 4.78 is 5.67. The molecule has 0 aromatic carbocycles. The molecule has 2 atom stereocenters. The quantitative estimate of drug-likeness (QED) is 0.831. The third kappa shape index (κ3) is 4.25. The van der Waals surface area contributed by atoms with E-state index in [1.54, 1.807) is 0 Å². The van der Waals surface area contributed by atoms with Crippen LogP contribution in [0.1, 0.15) is 46.0 Å². The van der Waals surface area contributed by atoms with Crippen molar-refractivity contribution in [1.29, 1.82) is 0 Å². The molecule has 2 aliphatic rings. The van der Waals surface area contributed by atoms with Crippen molar-refractivity contribution >= 4 is 5.91 Å². The SMILES string of the molecule is C[C@@H]1CN(CC(=O)NC2CCCCC2)C[C@@H](C)O1. The van der Waals surface area contributed by atoms with E-state index in [0.29, 0.717) is 12.6 Å². The van der Waals surface area contributed by atoms with Gasteiger partial charge in [-0.05, 0) is 26.7 Å². The number of nitrogens with zero attached hydrogens (tertiary/aromatic N) is 1. The molecule has 0 spiro atoms. The lowest BCUT2D eigenvalue weighted by Gasteiger charge is -2.35. The van der Waals surface area contributed by atoms with Gasteiger partial charge in [0.15, 0.2) is 0 Å². The Labute approximate surface area is 110 Å². The summed E-state index contributed by atoms with van der Waals surface area (Å²) in [5.41, 5.74) is 0. The first-order chi connectivity index (χ1) is 8.63. The maximum atomic E-state index is 12.0. The molecule has 1 heterocycles. The molecule has 1 saturated heterocycles. The number of carbonyl (C=O) groups is 1. The molecule has 0 unspecified atom stereocenters. The van der Waals surface area contributed by atoms with Gasteiger partial charge in [-0.1, -0.05) is 19.3 Å². The van der Waals surface area contributed by atoms with Crippen molar-refractivity contribution in [2.45, 2.75) is 64.2 Å². The lowest BCUT2D eigenvalue weighted by atomic mass is 9.95. The second-order valence-electron chi connectivity index (χ2n) is 5.85. The molecular formula is C14H26N2O2. The molecule has 18 heavy (non-hydrogen) atoms. The molecule has 2 rings (SSSR count). The molecule has 4 heteroatoms. The van der Waals surface area contributed by atoms with E-state index in [0.717, 1.165) is 25.9 Å². The smallest absolute Gasteiger partial charge is 0.234 e. The number of morpholine rings is 1. The Bertz CT molecular complexity index is 267. The predicted molar refractivity (Wildman–Crippen MR) is 71.5 cm³/mol. The second kappa shape index (κ2) is 6.53. The molecule has 104 valence electrons. The molecule has 0 aromatic rings. The molecule has 0 aromatic heterocycles. The first kappa shape index (κ1) is 13.8. The predicted octanol–water partition coefficient (Wildman–Crippen LogP) is 1.54. The number of amides is 1. The lowest BCUT2D eigenvalue weighted by molar-refractivity contribution is -0.126. The van der Waals surface area contributed by atoms with Crippen molar-refractivity contribution in [3.63, 3.8) is 0 Å². The number of hydrogen-bond donors (Lipinski definition) is 1. The fourth-order valence-electron chi connectivity index (χ4n) is 3.14. The summed E-state index contributed by atoms with van der Waals surface area (Å²) >= 11 is 0. The summed E-state index contributed by atoms with van der Waals surface area (Å²) in [5.74, 6) is 0.184. The van der Waals surface area contributed by atoms with Crippen LogP contribution in [0.15, 0.2) is 0 Å². The van der Waals surface area contributed by atoms with Crippen molar-refractivity contribution in [1.82, 2.24) is 10.2 Å². The fraction of sp³-hybridized carbons (Fsp3) is 0.929. The Kier molecular flexibility index (Phi) is 5.01. The van der Waals surface area contributed by atoms with Gasteiger partial charge in [0.05, 0.1) is 18.8 Å². The van der Waals surface area contributed by atoms with Crippen LogP contribution in [0.3, 0.4) is 0 Å². The molecule has 1 amide bonds. The third-order valence-corrected chi connectivity index (χ3v) is 3.83. The zero-order chi connectivity index (χ0) is 13.0. The van der Waals surface area contributed by atoms with Crippen molar-refractivity contribution in [2.24, 2.45) is 0 Å². The van der Waals surface area contributed by atoms with Crippen LogP contribution in [0.5, 0.6) is 0 Å². The van der Waals surface area contributed by atoms with Crippen LogP contribution in [0.2, 0.25) is 0 Å². The van der Waals surface area contributed by atoms with Gasteiger partial charge in [0.1, 0.15) is 0 Å². The van der Waals surface area contributed by atoms with Gasteiger partial charge < -0.3 is 10.1 Å². The number of ether oxygens (including phenoxy) is 1. The van der Waals surface area contributed by atoms with Crippen LogP contribution < -0.4 is 5.32 Å². The lowest BCUT2D eigenvalue weighted by Crippen LogP contribution is -2.50. The van der Waals surface area contributed by atoms with Gasteiger partial charge in [-0.25, -0.2) is 0 Å². The van der Waals surface area contributed by atoms with E-state index in [9.17, 15) is 4.79 Å². The van der Waals surface area contributed by atoms with E-state index >= 15 is 0 Å². The molecule has 1 N–H and O–H groups in total. The molecule has 1 aliphatic heterocycles. The fourth-order valence-corrected chi connectivity index (χ4v) is 3.14. The number of carbonyl (C=O) groups excluding carboxylic acids is 1. The van der Waals surface area contributed by atoms with Crippen LogP contribution >= 0.6 is 0 Å². The van der Waals surface area contributed by atoms with Crippen LogP contribution in [-0.4, -0.2) is 48.7 Å². The van der Waals surface area contributed by atoms with Crippen molar-refractivity contribution < 1.29 is 9.53 Å². The third-order valence-electron chi connectivity index (χ3n) is 3.83. The number of nitrogens with one attached hydrogen (secondary N) is 1. The van der Waals surface area contributed by atoms with E-state index in [1.165, 1.54) is 19.3 Å². The highest BCUT2D eigenvalue weighted by molar-refractivity contribution is 5.78. The highest BCUT2D eigenvalue weighted by Gasteiger charge is 2.24. The number of rotatable bonds is 3. The van der Waals surface area contributed by atoms with E-state index in [-0.39, 0.29) is 18.1 Å². The Morgan fingerprint density at radius 2 is 1.78 bits per heavy atom. The maximum absolute atomic E-state index is 12.0. The Hall–Kier alpha value is -0.610. The van der Waals surface area contributed by atoms with Gasteiger partial charge >= 0.3 is 0 Å². The summed E-state index contributed by atoms with van der Waals surface area (Å²) in [6.07, 6.45) is 6.62. The largest absolute Gasteiger partial charge is 0.373 e. The van der Waals surface area contributed by atoms with Crippen molar-refractivity contribution in [3.8, 4) is 0 Å². The standard InChI is InChI=1S/C14H26N2O2/c1-11-8-16(9-12(2)18-11)10-14(17)15-13-6-4-3-5-7-13/h11-13H,3-10H2,1-2H3,(H,15,17)/t11-,12-/m1/s1. The first-order valence-corrected chi connectivity index (χ1v) is 7.30. The van der Waals surface area contributed by atoms with Crippen LogP contribution in [0, 0.1) is 0 Å². The van der Waals surface area contributed by atoms with Gasteiger partial charge in [0.2, 0.25) is 5.91 Å². The van der Waals surface area contributed by atoms with E-state index in [1.807, 2.05) is 0 Å². The average molecular weight is 254 g/mol. The van der Waals surface area contributed by atoms with E-state index in [2.05, 4.69) is 24.1 Å². The van der Waals surface area contributed by atoms with Gasteiger partial charge in [-0.15, -0.1) is 0 Å². The first-order valence-electron chi connectivity index (χ1n) is 7.30. The van der Waals surface area contributed by atoms with Crippen LogP contribution in [0.25, 0.3) is 0 Å². The summed E-state index contributed by atoms with van der Waals surface area (Å²) in [7, 11) is 0.